The molecule has 1 amide bonds. The second kappa shape index (κ2) is 7.37. The lowest BCUT2D eigenvalue weighted by atomic mass is 9.95. The van der Waals surface area contributed by atoms with Gasteiger partial charge in [0.25, 0.3) is 5.91 Å². The molecule has 144 valence electrons. The minimum absolute atomic E-state index is 0.0477. The van der Waals surface area contributed by atoms with Crippen LogP contribution in [-0.4, -0.2) is 40.1 Å². The highest BCUT2D eigenvalue weighted by Crippen LogP contribution is 2.29. The lowest BCUT2D eigenvalue weighted by molar-refractivity contribution is -0.422. The van der Waals surface area contributed by atoms with Crippen molar-refractivity contribution in [2.24, 2.45) is 0 Å². The first-order valence-electron chi connectivity index (χ1n) is 9.08. The maximum Gasteiger partial charge on any atom is 0.254 e. The first-order chi connectivity index (χ1) is 12.7. The predicted octanol–water partition coefficient (Wildman–Crippen LogP) is 2.16. The normalized spacial score (nSPS) is 20.1. The first kappa shape index (κ1) is 19.5. The predicted molar refractivity (Wildman–Crippen MR) is 98.6 cm³/mol. The third kappa shape index (κ3) is 4.01. The van der Waals surface area contributed by atoms with Crippen molar-refractivity contribution in [2.45, 2.75) is 44.4 Å². The highest BCUT2D eigenvalue weighted by Gasteiger charge is 2.42. The zero-order valence-electron chi connectivity index (χ0n) is 15.6. The summed E-state index contributed by atoms with van der Waals surface area (Å²) in [4.78, 5) is 14.1. The quantitative estimate of drug-likeness (QED) is 0.860. The summed E-state index contributed by atoms with van der Waals surface area (Å²) in [5.74, 6) is -1.22. The van der Waals surface area contributed by atoms with Crippen molar-refractivity contribution in [3.8, 4) is 11.1 Å². The molecule has 0 saturated carbocycles. The van der Waals surface area contributed by atoms with E-state index in [0.717, 1.165) is 0 Å². The summed E-state index contributed by atoms with van der Waals surface area (Å²) in [6.07, 6.45) is 1.00. The molecule has 1 aliphatic rings. The molecule has 2 aromatic rings. The van der Waals surface area contributed by atoms with E-state index in [0.29, 0.717) is 36.1 Å². The Morgan fingerprint density at radius 2 is 1.96 bits per heavy atom. The Morgan fingerprint density at radius 3 is 2.63 bits per heavy atom. The lowest BCUT2D eigenvalue weighted by Gasteiger charge is -2.30. The van der Waals surface area contributed by atoms with Crippen molar-refractivity contribution in [2.75, 3.05) is 6.54 Å². The number of carbonyl (C=O) groups is 1. The van der Waals surface area contributed by atoms with Crippen molar-refractivity contribution < 1.29 is 24.4 Å². The average molecular weight is 375 g/mol. The molecule has 4 N–H and O–H groups in total. The number of hydrogen-bond donors (Lipinski definition) is 2. The Hall–Kier alpha value is -2.31. The number of likely N-dealkylation sites (tertiary alicyclic amines) is 1. The topological polar surface area (TPSA) is 68.2 Å². The number of amides is 1. The van der Waals surface area contributed by atoms with E-state index in [9.17, 15) is 14.3 Å². The van der Waals surface area contributed by atoms with E-state index in [1.165, 1.54) is 26.0 Å². The number of quaternary nitrogens is 1. The van der Waals surface area contributed by atoms with Gasteiger partial charge in [-0.15, -0.1) is 0 Å². The molecular formula is C21H25F2N2O2+. The van der Waals surface area contributed by atoms with Crippen LogP contribution in [0, 0.1) is 11.6 Å². The Morgan fingerprint density at radius 1 is 1.26 bits per heavy atom. The fourth-order valence-electron chi connectivity index (χ4n) is 3.64. The van der Waals surface area contributed by atoms with Gasteiger partial charge in [-0.1, -0.05) is 30.3 Å². The number of hydrogen-bond acceptors (Lipinski definition) is 2. The number of halogens is 2. The molecule has 27 heavy (non-hydrogen) atoms. The zero-order chi connectivity index (χ0) is 19.8. The van der Waals surface area contributed by atoms with Crippen LogP contribution in [0.25, 0.3) is 11.1 Å². The van der Waals surface area contributed by atoms with Crippen LogP contribution >= 0.6 is 0 Å². The third-order valence-electron chi connectivity index (χ3n) is 5.11. The molecule has 1 heterocycles. The van der Waals surface area contributed by atoms with Gasteiger partial charge in [-0.3, -0.25) is 4.79 Å². The van der Waals surface area contributed by atoms with Crippen LogP contribution < -0.4 is 5.73 Å². The standard InChI is InChI=1S/C21H24F2N2O2/c1-21(2,27)20(26)25-10-9-17(24)18(25)12-14-6-4-8-16(19(14)23)13-5-3-7-15(22)11-13/h3-8,11,17-18,27H,9-10,12,24H2,1-2H3/p+1. The number of nitrogens with zero attached hydrogens (tertiary/aromatic N) is 1. The van der Waals surface area contributed by atoms with Crippen molar-refractivity contribution in [1.29, 1.82) is 0 Å². The van der Waals surface area contributed by atoms with Crippen LogP contribution in [-0.2, 0) is 11.2 Å². The van der Waals surface area contributed by atoms with Crippen LogP contribution in [0.4, 0.5) is 8.78 Å². The molecule has 0 aromatic heterocycles. The minimum atomic E-state index is -1.48. The van der Waals surface area contributed by atoms with Crippen LogP contribution in [0.15, 0.2) is 42.5 Å². The lowest BCUT2D eigenvalue weighted by Crippen LogP contribution is -2.67. The summed E-state index contributed by atoms with van der Waals surface area (Å²) in [6, 6.07) is 10.5. The number of carbonyl (C=O) groups excluding carboxylic acids is 1. The Balaban J connectivity index is 1.91. The van der Waals surface area contributed by atoms with Gasteiger partial charge in [-0.25, -0.2) is 8.78 Å². The smallest absolute Gasteiger partial charge is 0.254 e. The summed E-state index contributed by atoms with van der Waals surface area (Å²) < 4.78 is 28.7. The summed E-state index contributed by atoms with van der Waals surface area (Å²) in [6.45, 7) is 3.40. The van der Waals surface area contributed by atoms with Crippen molar-refractivity contribution in [3.63, 3.8) is 0 Å². The van der Waals surface area contributed by atoms with Gasteiger partial charge >= 0.3 is 0 Å². The van der Waals surface area contributed by atoms with E-state index in [1.54, 1.807) is 35.2 Å². The number of rotatable bonds is 4. The molecule has 1 saturated heterocycles. The van der Waals surface area contributed by atoms with Gasteiger partial charge in [0.05, 0.1) is 6.04 Å². The first-order valence-corrected chi connectivity index (χ1v) is 9.08. The summed E-state index contributed by atoms with van der Waals surface area (Å²) in [5.41, 5.74) is 3.87. The molecule has 0 spiro atoms. The van der Waals surface area contributed by atoms with Gasteiger partial charge in [0.1, 0.15) is 23.3 Å². The highest BCUT2D eigenvalue weighted by atomic mass is 19.1. The molecule has 3 rings (SSSR count). The van der Waals surface area contributed by atoms with E-state index >= 15 is 4.39 Å². The van der Waals surface area contributed by atoms with Crippen molar-refractivity contribution >= 4 is 5.91 Å². The molecular weight excluding hydrogens is 350 g/mol. The monoisotopic (exact) mass is 375 g/mol. The summed E-state index contributed by atoms with van der Waals surface area (Å²) in [5, 5.41) is 10.1. The maximum absolute atomic E-state index is 15.1. The molecule has 4 nitrogen and oxygen atoms in total. The Bertz CT molecular complexity index is 848. The van der Waals surface area contributed by atoms with Crippen LogP contribution in [0.3, 0.4) is 0 Å². The largest absolute Gasteiger partial charge is 0.381 e. The van der Waals surface area contributed by atoms with Crippen LogP contribution in [0.5, 0.6) is 0 Å². The van der Waals surface area contributed by atoms with E-state index < -0.39 is 17.2 Å². The molecule has 6 heteroatoms. The van der Waals surface area contributed by atoms with Gasteiger partial charge in [0, 0.05) is 24.9 Å². The zero-order valence-corrected chi connectivity index (χ0v) is 15.6. The Labute approximate surface area is 157 Å². The molecule has 0 aliphatic carbocycles. The molecule has 1 aliphatic heterocycles. The fraction of sp³-hybridized carbons (Fsp3) is 0.381. The van der Waals surface area contributed by atoms with E-state index in [1.807, 2.05) is 0 Å². The second-order valence-corrected chi connectivity index (χ2v) is 7.67. The van der Waals surface area contributed by atoms with Gasteiger partial charge in [0.2, 0.25) is 0 Å². The van der Waals surface area contributed by atoms with Gasteiger partial charge in [0.15, 0.2) is 0 Å². The molecule has 2 unspecified atom stereocenters. The SMILES string of the molecule is CC(C)(O)C(=O)N1CCC([NH3+])C1Cc1cccc(-c2cccc(F)c2)c1F. The number of aliphatic hydroxyl groups is 1. The molecule has 2 atom stereocenters. The van der Waals surface area contributed by atoms with E-state index in [2.05, 4.69) is 5.73 Å². The summed E-state index contributed by atoms with van der Waals surface area (Å²) in [7, 11) is 0. The van der Waals surface area contributed by atoms with E-state index in [4.69, 9.17) is 0 Å². The maximum atomic E-state index is 15.1. The van der Waals surface area contributed by atoms with E-state index in [-0.39, 0.29) is 18.0 Å². The molecule has 1 fully saturated rings. The third-order valence-corrected chi connectivity index (χ3v) is 5.11. The minimum Gasteiger partial charge on any atom is -0.381 e. The molecule has 2 aromatic carbocycles. The average Bonchev–Trinajstić information content (AvgIpc) is 2.96. The van der Waals surface area contributed by atoms with Gasteiger partial charge < -0.3 is 15.7 Å². The number of benzene rings is 2. The van der Waals surface area contributed by atoms with Crippen LogP contribution in [0.1, 0.15) is 25.8 Å². The highest BCUT2D eigenvalue weighted by molar-refractivity contribution is 5.84. The fourth-order valence-corrected chi connectivity index (χ4v) is 3.64. The summed E-state index contributed by atoms with van der Waals surface area (Å²) >= 11 is 0. The van der Waals surface area contributed by atoms with Gasteiger partial charge in [-0.2, -0.15) is 0 Å². The molecule has 0 radical (unpaired) electrons. The van der Waals surface area contributed by atoms with Crippen LogP contribution in [0.2, 0.25) is 0 Å². The van der Waals surface area contributed by atoms with Crippen molar-refractivity contribution in [1.82, 2.24) is 4.90 Å². The Kier molecular flexibility index (Phi) is 5.31. The van der Waals surface area contributed by atoms with Crippen molar-refractivity contribution in [3.05, 3.63) is 59.7 Å². The molecule has 0 bridgehead atoms. The van der Waals surface area contributed by atoms with Gasteiger partial charge in [-0.05, 0) is 37.1 Å². The second-order valence-electron chi connectivity index (χ2n) is 7.67.